The predicted octanol–water partition coefficient (Wildman–Crippen LogP) is 2.87. The molecular formula is C21H28N4O3. The summed E-state index contributed by atoms with van der Waals surface area (Å²) in [4.78, 5) is 41.2. The van der Waals surface area contributed by atoms with Crippen LogP contribution in [0.4, 0.5) is 16.2 Å². The van der Waals surface area contributed by atoms with E-state index in [0.717, 1.165) is 61.5 Å². The van der Waals surface area contributed by atoms with E-state index in [1.165, 1.54) is 6.42 Å². The van der Waals surface area contributed by atoms with Gasteiger partial charge in [0.1, 0.15) is 12.1 Å². The zero-order valence-corrected chi connectivity index (χ0v) is 16.2. The number of hydrogen-bond acceptors (Lipinski definition) is 4. The van der Waals surface area contributed by atoms with Gasteiger partial charge in [0.05, 0.1) is 11.4 Å². The smallest absolute Gasteiger partial charge is 0.325 e. The first-order valence-electron chi connectivity index (χ1n) is 10.4. The van der Waals surface area contributed by atoms with Crippen molar-refractivity contribution in [2.75, 3.05) is 29.9 Å². The summed E-state index contributed by atoms with van der Waals surface area (Å²) in [5.74, 6) is -0.600. The minimum Gasteiger partial charge on any atom is -0.370 e. The summed E-state index contributed by atoms with van der Waals surface area (Å²) in [5.41, 5.74) is 0.937. The van der Waals surface area contributed by atoms with Gasteiger partial charge in [-0.15, -0.1) is 0 Å². The molecule has 150 valence electrons. The number of rotatable bonds is 4. The maximum Gasteiger partial charge on any atom is 0.325 e. The Morgan fingerprint density at radius 2 is 1.68 bits per heavy atom. The number of anilines is 2. The van der Waals surface area contributed by atoms with Gasteiger partial charge >= 0.3 is 6.03 Å². The van der Waals surface area contributed by atoms with Gasteiger partial charge in [0.15, 0.2) is 0 Å². The van der Waals surface area contributed by atoms with Crippen molar-refractivity contribution in [2.24, 2.45) is 0 Å². The van der Waals surface area contributed by atoms with Crippen LogP contribution in [0.15, 0.2) is 24.3 Å². The quantitative estimate of drug-likeness (QED) is 0.782. The van der Waals surface area contributed by atoms with Gasteiger partial charge in [-0.3, -0.25) is 14.5 Å². The molecule has 1 aromatic carbocycles. The Kier molecular flexibility index (Phi) is 5.24. The summed E-state index contributed by atoms with van der Waals surface area (Å²) >= 11 is 0. The van der Waals surface area contributed by atoms with E-state index in [1.54, 1.807) is 0 Å². The molecule has 28 heavy (non-hydrogen) atoms. The number of benzene rings is 1. The summed E-state index contributed by atoms with van der Waals surface area (Å²) in [6.07, 6.45) is 7.78. The molecule has 1 aromatic rings. The lowest BCUT2D eigenvalue weighted by atomic mass is 9.82. The molecule has 3 fully saturated rings. The fourth-order valence-corrected chi connectivity index (χ4v) is 4.64. The molecule has 1 spiro atoms. The van der Waals surface area contributed by atoms with Gasteiger partial charge in [-0.25, -0.2) is 4.79 Å². The Labute approximate surface area is 165 Å². The fraction of sp³-hybridized carbons (Fsp3) is 0.571. The van der Waals surface area contributed by atoms with Crippen LogP contribution in [0.5, 0.6) is 0 Å². The van der Waals surface area contributed by atoms with Crippen LogP contribution >= 0.6 is 0 Å². The molecule has 0 radical (unpaired) electrons. The highest BCUT2D eigenvalue weighted by Crippen LogP contribution is 2.34. The van der Waals surface area contributed by atoms with Gasteiger partial charge in [0.2, 0.25) is 5.91 Å². The Hall–Kier alpha value is -2.57. The van der Waals surface area contributed by atoms with Crippen molar-refractivity contribution in [2.45, 2.75) is 56.9 Å². The van der Waals surface area contributed by atoms with E-state index in [4.69, 9.17) is 0 Å². The monoisotopic (exact) mass is 384 g/mol. The average Bonchev–Trinajstić information content (AvgIpc) is 2.93. The molecule has 4 amide bonds. The van der Waals surface area contributed by atoms with Gasteiger partial charge in [-0.05, 0) is 44.2 Å². The third-order valence-corrected chi connectivity index (χ3v) is 6.13. The van der Waals surface area contributed by atoms with Crippen molar-refractivity contribution in [3.63, 3.8) is 0 Å². The highest BCUT2D eigenvalue weighted by Gasteiger charge is 2.51. The van der Waals surface area contributed by atoms with E-state index >= 15 is 0 Å². The Morgan fingerprint density at radius 3 is 2.43 bits per heavy atom. The number of carbonyl (C=O) groups is 3. The first-order chi connectivity index (χ1) is 13.6. The molecule has 0 unspecified atom stereocenters. The van der Waals surface area contributed by atoms with E-state index in [1.807, 2.05) is 24.3 Å². The number of para-hydroxylation sites is 2. The second kappa shape index (κ2) is 7.81. The van der Waals surface area contributed by atoms with E-state index in [9.17, 15) is 14.4 Å². The summed E-state index contributed by atoms with van der Waals surface area (Å²) in [6.45, 7) is 1.70. The van der Waals surface area contributed by atoms with E-state index < -0.39 is 11.6 Å². The number of urea groups is 1. The topological polar surface area (TPSA) is 81.8 Å². The fourth-order valence-electron chi connectivity index (χ4n) is 4.64. The van der Waals surface area contributed by atoms with Crippen LogP contribution in [0.1, 0.15) is 51.4 Å². The van der Waals surface area contributed by atoms with Crippen LogP contribution in [-0.4, -0.2) is 47.9 Å². The molecule has 1 saturated carbocycles. The summed E-state index contributed by atoms with van der Waals surface area (Å²) in [6, 6.07) is 7.27. The zero-order chi connectivity index (χ0) is 19.6. The summed E-state index contributed by atoms with van der Waals surface area (Å²) < 4.78 is 0. The SMILES string of the molecule is O=C(CN1C(=O)NC2(CCCCC2)C1=O)Nc1ccccc1N1CCCCC1. The highest BCUT2D eigenvalue weighted by molar-refractivity contribution is 6.10. The number of imide groups is 1. The van der Waals surface area contributed by atoms with Gasteiger partial charge in [0, 0.05) is 13.1 Å². The predicted molar refractivity (Wildman–Crippen MR) is 107 cm³/mol. The van der Waals surface area contributed by atoms with Crippen LogP contribution in [0.3, 0.4) is 0 Å². The summed E-state index contributed by atoms with van der Waals surface area (Å²) in [5, 5.41) is 5.76. The minimum atomic E-state index is -0.790. The van der Waals surface area contributed by atoms with Crippen LogP contribution in [0, 0.1) is 0 Å². The number of nitrogens with one attached hydrogen (secondary N) is 2. The van der Waals surface area contributed by atoms with Crippen molar-refractivity contribution < 1.29 is 14.4 Å². The van der Waals surface area contributed by atoms with Crippen molar-refractivity contribution >= 4 is 29.2 Å². The Balaban J connectivity index is 1.44. The van der Waals surface area contributed by atoms with Gasteiger partial charge in [-0.1, -0.05) is 31.4 Å². The molecule has 0 atom stereocenters. The van der Waals surface area contributed by atoms with Crippen molar-refractivity contribution in [3.05, 3.63) is 24.3 Å². The maximum atomic E-state index is 12.8. The molecule has 0 bridgehead atoms. The van der Waals surface area contributed by atoms with Crippen LogP contribution in [0.2, 0.25) is 0 Å². The number of amides is 4. The highest BCUT2D eigenvalue weighted by atomic mass is 16.2. The number of hydrogen-bond donors (Lipinski definition) is 2. The first-order valence-corrected chi connectivity index (χ1v) is 10.4. The van der Waals surface area contributed by atoms with Gasteiger partial charge in [-0.2, -0.15) is 0 Å². The largest absolute Gasteiger partial charge is 0.370 e. The van der Waals surface area contributed by atoms with E-state index in [2.05, 4.69) is 15.5 Å². The molecule has 3 aliphatic rings. The van der Waals surface area contributed by atoms with Crippen molar-refractivity contribution in [1.82, 2.24) is 10.2 Å². The van der Waals surface area contributed by atoms with E-state index in [-0.39, 0.29) is 18.4 Å². The summed E-state index contributed by atoms with van der Waals surface area (Å²) in [7, 11) is 0. The van der Waals surface area contributed by atoms with Crippen molar-refractivity contribution in [3.8, 4) is 0 Å². The lowest BCUT2D eigenvalue weighted by molar-refractivity contribution is -0.134. The molecule has 0 aromatic heterocycles. The number of nitrogens with zero attached hydrogens (tertiary/aromatic N) is 2. The Bertz CT molecular complexity index is 767. The standard InChI is InChI=1S/C21H28N4O3/c26-18(15-25-19(27)21(23-20(25)28)11-5-1-6-12-21)22-16-9-3-4-10-17(16)24-13-7-2-8-14-24/h3-4,9-10H,1-2,5-8,11-15H2,(H,22,26)(H,23,28). The van der Waals surface area contributed by atoms with Crippen LogP contribution in [0.25, 0.3) is 0 Å². The number of carbonyl (C=O) groups excluding carboxylic acids is 3. The van der Waals surface area contributed by atoms with Gasteiger partial charge in [0.25, 0.3) is 5.91 Å². The van der Waals surface area contributed by atoms with Gasteiger partial charge < -0.3 is 15.5 Å². The Morgan fingerprint density at radius 1 is 1.00 bits per heavy atom. The third-order valence-electron chi connectivity index (χ3n) is 6.13. The third kappa shape index (κ3) is 3.57. The molecule has 2 heterocycles. The average molecular weight is 384 g/mol. The second-order valence-corrected chi connectivity index (χ2v) is 8.08. The molecular weight excluding hydrogens is 356 g/mol. The normalized spacial score (nSPS) is 21.7. The molecule has 1 aliphatic carbocycles. The minimum absolute atomic E-state index is 0.249. The lowest BCUT2D eigenvalue weighted by Crippen LogP contribution is -2.48. The molecule has 2 N–H and O–H groups in total. The zero-order valence-electron chi connectivity index (χ0n) is 16.2. The maximum absolute atomic E-state index is 12.8. The lowest BCUT2D eigenvalue weighted by Gasteiger charge is -2.31. The molecule has 2 aliphatic heterocycles. The molecule has 4 rings (SSSR count). The van der Waals surface area contributed by atoms with E-state index in [0.29, 0.717) is 12.8 Å². The first kappa shape index (κ1) is 18.8. The molecule has 2 saturated heterocycles. The van der Waals surface area contributed by atoms with Crippen LogP contribution in [-0.2, 0) is 9.59 Å². The molecule has 7 nitrogen and oxygen atoms in total. The van der Waals surface area contributed by atoms with Crippen LogP contribution < -0.4 is 15.5 Å². The molecule has 7 heteroatoms. The van der Waals surface area contributed by atoms with Crippen molar-refractivity contribution in [1.29, 1.82) is 0 Å². The number of piperidine rings is 1. The second-order valence-electron chi connectivity index (χ2n) is 8.08.